The highest BCUT2D eigenvalue weighted by atomic mass is 16.4. The Hall–Kier alpha value is -1.12. The molecule has 2 saturated carbocycles. The Morgan fingerprint density at radius 1 is 1.12 bits per heavy atom. The lowest BCUT2D eigenvalue weighted by atomic mass is 9.73. The van der Waals surface area contributed by atoms with E-state index in [1.165, 1.54) is 18.6 Å². The highest BCUT2D eigenvalue weighted by Crippen LogP contribution is 2.40. The first kappa shape index (κ1) is 11.0. The summed E-state index contributed by atoms with van der Waals surface area (Å²) in [4.78, 5) is 16.4. The highest BCUT2D eigenvalue weighted by Gasteiger charge is 2.37. The van der Waals surface area contributed by atoms with Crippen LogP contribution in [0.25, 0.3) is 0 Å². The van der Waals surface area contributed by atoms with Gasteiger partial charge in [-0.05, 0) is 44.1 Å². The van der Waals surface area contributed by atoms with Crippen LogP contribution in [-0.4, -0.2) is 22.8 Å². The fraction of sp³-hybridized carbons (Fsp3) is 0.714. The van der Waals surface area contributed by atoms with Crippen molar-refractivity contribution in [2.75, 3.05) is 0 Å². The predicted octanol–water partition coefficient (Wildman–Crippen LogP) is 2.96. The third-order valence-corrected chi connectivity index (χ3v) is 4.40. The third kappa shape index (κ3) is 1.81. The van der Waals surface area contributed by atoms with Gasteiger partial charge in [0.2, 0.25) is 0 Å². The Morgan fingerprint density at radius 2 is 1.88 bits per heavy atom. The molecule has 3 rings (SSSR count). The SMILES string of the molecule is O=C(O)C1=C2CCCCC2N=C2CCCCC21. The van der Waals surface area contributed by atoms with Gasteiger partial charge in [-0.15, -0.1) is 0 Å². The second kappa shape index (κ2) is 4.28. The maximum absolute atomic E-state index is 11.6. The molecule has 1 heterocycles. The molecule has 2 atom stereocenters. The van der Waals surface area contributed by atoms with Crippen LogP contribution in [0.15, 0.2) is 16.1 Å². The lowest BCUT2D eigenvalue weighted by molar-refractivity contribution is -0.133. The molecule has 17 heavy (non-hydrogen) atoms. The van der Waals surface area contributed by atoms with Gasteiger partial charge >= 0.3 is 5.97 Å². The number of carboxylic acid groups (broad SMARTS) is 1. The van der Waals surface area contributed by atoms with E-state index in [1.807, 2.05) is 0 Å². The summed E-state index contributed by atoms with van der Waals surface area (Å²) in [5, 5.41) is 9.50. The Kier molecular flexibility index (Phi) is 2.77. The lowest BCUT2D eigenvalue weighted by Gasteiger charge is -2.36. The van der Waals surface area contributed by atoms with Crippen LogP contribution in [-0.2, 0) is 4.79 Å². The monoisotopic (exact) mass is 233 g/mol. The second-order valence-corrected chi connectivity index (χ2v) is 5.42. The van der Waals surface area contributed by atoms with Crippen molar-refractivity contribution in [2.24, 2.45) is 10.9 Å². The standard InChI is InChI=1S/C14H19NO2/c16-14(17)13-9-5-1-3-7-11(9)15-12-8-4-2-6-10(12)13/h9,12H,1-8H2,(H,16,17). The molecule has 1 N–H and O–H groups in total. The summed E-state index contributed by atoms with van der Waals surface area (Å²) >= 11 is 0. The van der Waals surface area contributed by atoms with Gasteiger partial charge in [-0.1, -0.05) is 12.8 Å². The van der Waals surface area contributed by atoms with Gasteiger partial charge in [-0.2, -0.15) is 0 Å². The molecule has 0 saturated heterocycles. The van der Waals surface area contributed by atoms with Crippen molar-refractivity contribution in [3.8, 4) is 0 Å². The third-order valence-electron chi connectivity index (χ3n) is 4.40. The number of fused-ring (bicyclic) bond motifs is 2. The molecule has 3 heteroatoms. The molecule has 0 radical (unpaired) electrons. The van der Waals surface area contributed by atoms with E-state index in [1.54, 1.807) is 0 Å². The molecule has 0 aromatic rings. The maximum atomic E-state index is 11.6. The van der Waals surface area contributed by atoms with Gasteiger partial charge in [0.25, 0.3) is 0 Å². The molecule has 2 unspecified atom stereocenters. The second-order valence-electron chi connectivity index (χ2n) is 5.42. The molecule has 1 aliphatic heterocycles. The number of rotatable bonds is 1. The van der Waals surface area contributed by atoms with Gasteiger partial charge in [0, 0.05) is 17.2 Å². The minimum absolute atomic E-state index is 0.144. The van der Waals surface area contributed by atoms with Gasteiger partial charge in [0.1, 0.15) is 0 Å². The molecule has 3 aliphatic rings. The van der Waals surface area contributed by atoms with E-state index in [9.17, 15) is 9.90 Å². The fourth-order valence-electron chi connectivity index (χ4n) is 3.62. The summed E-state index contributed by atoms with van der Waals surface area (Å²) in [6.45, 7) is 0. The number of aliphatic carboxylic acids is 1. The average molecular weight is 233 g/mol. The molecule has 3 nitrogen and oxygen atoms in total. The molecule has 2 fully saturated rings. The largest absolute Gasteiger partial charge is 0.478 e. The van der Waals surface area contributed by atoms with Crippen molar-refractivity contribution in [3.05, 3.63) is 11.1 Å². The van der Waals surface area contributed by atoms with Gasteiger partial charge in [-0.3, -0.25) is 4.99 Å². The first-order valence-electron chi connectivity index (χ1n) is 6.80. The summed E-state index contributed by atoms with van der Waals surface area (Å²) in [5.41, 5.74) is 3.06. The van der Waals surface area contributed by atoms with Gasteiger partial charge in [-0.25, -0.2) is 4.79 Å². The van der Waals surface area contributed by atoms with Crippen molar-refractivity contribution in [3.63, 3.8) is 0 Å². The zero-order valence-electron chi connectivity index (χ0n) is 10.1. The Labute approximate surface area is 102 Å². The highest BCUT2D eigenvalue weighted by molar-refractivity contribution is 6.01. The van der Waals surface area contributed by atoms with Crippen molar-refractivity contribution in [1.82, 2.24) is 0 Å². The summed E-state index contributed by atoms with van der Waals surface area (Å²) in [5.74, 6) is -0.545. The van der Waals surface area contributed by atoms with Crippen LogP contribution in [0.4, 0.5) is 0 Å². The van der Waals surface area contributed by atoms with Crippen LogP contribution in [0, 0.1) is 5.92 Å². The molecule has 0 amide bonds. The van der Waals surface area contributed by atoms with Gasteiger partial charge in [0.15, 0.2) is 0 Å². The Morgan fingerprint density at radius 3 is 2.71 bits per heavy atom. The summed E-state index contributed by atoms with van der Waals surface area (Å²) in [6, 6.07) is 0.208. The number of aliphatic imine (C=N–C) groups is 1. The predicted molar refractivity (Wildman–Crippen MR) is 66.3 cm³/mol. The maximum Gasteiger partial charge on any atom is 0.332 e. The van der Waals surface area contributed by atoms with E-state index in [0.717, 1.165) is 49.7 Å². The van der Waals surface area contributed by atoms with Crippen molar-refractivity contribution in [2.45, 2.75) is 57.4 Å². The summed E-state index contributed by atoms with van der Waals surface area (Å²) in [7, 11) is 0. The van der Waals surface area contributed by atoms with Crippen LogP contribution in [0.3, 0.4) is 0 Å². The number of hydrogen-bond donors (Lipinski definition) is 1. The average Bonchev–Trinajstić information content (AvgIpc) is 2.35. The zero-order valence-corrected chi connectivity index (χ0v) is 10.1. The van der Waals surface area contributed by atoms with Crippen LogP contribution in [0.5, 0.6) is 0 Å². The smallest absolute Gasteiger partial charge is 0.332 e. The van der Waals surface area contributed by atoms with E-state index < -0.39 is 5.97 Å². The number of carbonyl (C=O) groups is 1. The molecule has 0 spiro atoms. The molecular formula is C14H19NO2. The number of carboxylic acids is 1. The minimum Gasteiger partial charge on any atom is -0.478 e. The Balaban J connectivity index is 2.02. The first-order chi connectivity index (χ1) is 8.27. The Bertz CT molecular complexity index is 408. The van der Waals surface area contributed by atoms with Crippen molar-refractivity contribution in [1.29, 1.82) is 0 Å². The quantitative estimate of drug-likeness (QED) is 0.757. The van der Waals surface area contributed by atoms with Crippen LogP contribution in [0.1, 0.15) is 51.4 Å². The lowest BCUT2D eigenvalue weighted by Crippen LogP contribution is -2.35. The first-order valence-corrected chi connectivity index (χ1v) is 6.80. The van der Waals surface area contributed by atoms with E-state index >= 15 is 0 Å². The number of nitrogens with zero attached hydrogens (tertiary/aromatic N) is 1. The number of hydrogen-bond acceptors (Lipinski definition) is 2. The van der Waals surface area contributed by atoms with Gasteiger partial charge in [0.05, 0.1) is 6.04 Å². The summed E-state index contributed by atoms with van der Waals surface area (Å²) < 4.78 is 0. The molecule has 0 bridgehead atoms. The zero-order chi connectivity index (χ0) is 11.8. The van der Waals surface area contributed by atoms with E-state index in [-0.39, 0.29) is 12.0 Å². The van der Waals surface area contributed by atoms with E-state index in [0.29, 0.717) is 0 Å². The molecule has 92 valence electrons. The van der Waals surface area contributed by atoms with E-state index in [4.69, 9.17) is 4.99 Å². The van der Waals surface area contributed by atoms with E-state index in [2.05, 4.69) is 0 Å². The number of dihydropyridines is 1. The fourth-order valence-corrected chi connectivity index (χ4v) is 3.62. The topological polar surface area (TPSA) is 49.7 Å². The molecule has 2 aliphatic carbocycles. The van der Waals surface area contributed by atoms with Gasteiger partial charge < -0.3 is 5.11 Å². The summed E-state index contributed by atoms with van der Waals surface area (Å²) in [6.07, 6.45) is 8.70. The van der Waals surface area contributed by atoms with Crippen LogP contribution in [0.2, 0.25) is 0 Å². The minimum atomic E-state index is -0.689. The van der Waals surface area contributed by atoms with Crippen molar-refractivity contribution < 1.29 is 9.90 Å². The van der Waals surface area contributed by atoms with Crippen LogP contribution >= 0.6 is 0 Å². The molecular weight excluding hydrogens is 214 g/mol. The molecule has 0 aromatic carbocycles. The molecule has 0 aromatic heterocycles. The van der Waals surface area contributed by atoms with Crippen LogP contribution < -0.4 is 0 Å². The van der Waals surface area contributed by atoms with Crippen molar-refractivity contribution >= 4 is 11.7 Å². The normalized spacial score (nSPS) is 32.6.